The number of halogens is 2. The van der Waals surface area contributed by atoms with E-state index in [1.165, 1.54) is 5.39 Å². The van der Waals surface area contributed by atoms with Crippen LogP contribution in [0, 0.1) is 0 Å². The van der Waals surface area contributed by atoms with Gasteiger partial charge in [0.1, 0.15) is 0 Å². The van der Waals surface area contributed by atoms with Gasteiger partial charge >= 0.3 is 0 Å². The number of hydrogen-bond donors (Lipinski definition) is 2. The highest BCUT2D eigenvalue weighted by Gasteiger charge is 2.01. The highest BCUT2D eigenvalue weighted by molar-refractivity contribution is 5.85. The Kier molecular flexibility index (Phi) is 5.53. The first-order chi connectivity index (χ1) is 5.92. The smallest absolute Gasteiger partial charge is 0.0923 e. The fraction of sp³-hybridized carbons (Fsp3) is 0.222. The Bertz CT molecular complexity index is 386. The molecule has 1 aromatic carbocycles. The maximum atomic E-state index is 5.46. The fourth-order valence-electron chi connectivity index (χ4n) is 1.35. The molecule has 0 aliphatic heterocycles. The van der Waals surface area contributed by atoms with Crippen LogP contribution in [-0.4, -0.2) is 16.7 Å². The first-order valence-corrected chi connectivity index (χ1v) is 4.04. The van der Waals surface area contributed by atoms with Crippen LogP contribution in [0.4, 0.5) is 0 Å². The third-order valence-corrected chi connectivity index (χ3v) is 1.93. The molecule has 0 radical (unpaired) electrons. The second-order valence-corrected chi connectivity index (χ2v) is 2.76. The Morgan fingerprint density at radius 2 is 1.93 bits per heavy atom. The number of para-hydroxylation sites is 1. The number of H-pyrrole nitrogens is 1. The van der Waals surface area contributed by atoms with E-state index >= 15 is 0 Å². The first-order valence-electron chi connectivity index (χ1n) is 4.04. The van der Waals surface area contributed by atoms with E-state index in [4.69, 9.17) is 5.73 Å². The molecule has 2 aromatic rings. The average molecular weight is 234 g/mol. The van der Waals surface area contributed by atoms with E-state index in [9.17, 15) is 0 Å². The van der Waals surface area contributed by atoms with E-state index in [1.54, 1.807) is 0 Å². The van der Waals surface area contributed by atoms with Gasteiger partial charge in [-0.3, -0.25) is 5.10 Å². The van der Waals surface area contributed by atoms with Crippen molar-refractivity contribution in [2.75, 3.05) is 6.54 Å². The van der Waals surface area contributed by atoms with Crippen molar-refractivity contribution in [2.24, 2.45) is 5.73 Å². The van der Waals surface area contributed by atoms with Gasteiger partial charge in [-0.05, 0) is 12.6 Å². The molecule has 5 heteroatoms. The summed E-state index contributed by atoms with van der Waals surface area (Å²) in [5, 5.41) is 8.32. The Hall–Kier alpha value is -0.770. The standard InChI is InChI=1S/C9H11N3.2ClH/c10-6-5-9-7-3-1-2-4-8(7)11-12-9;;/h1-4H,5-6,10H2,(H,11,12);2*1H. The molecule has 0 aliphatic carbocycles. The average Bonchev–Trinajstić information content (AvgIpc) is 2.50. The van der Waals surface area contributed by atoms with Crippen molar-refractivity contribution in [1.82, 2.24) is 10.2 Å². The molecule has 3 nitrogen and oxygen atoms in total. The molecule has 3 N–H and O–H groups in total. The van der Waals surface area contributed by atoms with Crippen molar-refractivity contribution in [3.05, 3.63) is 30.0 Å². The number of nitrogens with zero attached hydrogens (tertiary/aromatic N) is 1. The van der Waals surface area contributed by atoms with Gasteiger partial charge in [0.25, 0.3) is 0 Å². The number of benzene rings is 1. The van der Waals surface area contributed by atoms with Crippen LogP contribution in [0.1, 0.15) is 5.69 Å². The predicted molar refractivity (Wildman–Crippen MR) is 63.3 cm³/mol. The normalized spacial score (nSPS) is 9.21. The molecule has 0 unspecified atom stereocenters. The molecule has 2 rings (SSSR count). The van der Waals surface area contributed by atoms with Crippen molar-refractivity contribution >= 4 is 35.7 Å². The molecule has 1 heterocycles. The molecule has 0 atom stereocenters. The number of hydrogen-bond acceptors (Lipinski definition) is 2. The minimum Gasteiger partial charge on any atom is -0.330 e. The van der Waals surface area contributed by atoms with Crippen LogP contribution in [0.15, 0.2) is 24.3 Å². The van der Waals surface area contributed by atoms with Crippen LogP contribution >= 0.6 is 24.8 Å². The number of rotatable bonds is 2. The van der Waals surface area contributed by atoms with Crippen LogP contribution in [0.5, 0.6) is 0 Å². The summed E-state index contributed by atoms with van der Waals surface area (Å²) in [5.41, 5.74) is 7.61. The Labute approximate surface area is 94.9 Å². The third-order valence-electron chi connectivity index (χ3n) is 1.93. The Balaban J connectivity index is 0.000000845. The third kappa shape index (κ3) is 2.38. The van der Waals surface area contributed by atoms with Gasteiger partial charge in [-0.25, -0.2) is 0 Å². The number of aromatic amines is 1. The van der Waals surface area contributed by atoms with E-state index in [2.05, 4.69) is 16.3 Å². The van der Waals surface area contributed by atoms with Crippen molar-refractivity contribution in [3.63, 3.8) is 0 Å². The molecule has 0 spiro atoms. The van der Waals surface area contributed by atoms with Gasteiger partial charge in [0, 0.05) is 17.5 Å². The Morgan fingerprint density at radius 3 is 2.64 bits per heavy atom. The van der Waals surface area contributed by atoms with Gasteiger partial charge in [-0.15, -0.1) is 24.8 Å². The second-order valence-electron chi connectivity index (χ2n) is 2.76. The SMILES string of the molecule is Cl.Cl.NCCc1[nH]nc2ccccc12. The number of nitrogens with one attached hydrogen (secondary N) is 1. The van der Waals surface area contributed by atoms with E-state index in [1.807, 2.05) is 18.2 Å². The monoisotopic (exact) mass is 233 g/mol. The summed E-state index contributed by atoms with van der Waals surface area (Å²) in [4.78, 5) is 0. The summed E-state index contributed by atoms with van der Waals surface area (Å²) < 4.78 is 0. The van der Waals surface area contributed by atoms with Crippen LogP contribution in [0.3, 0.4) is 0 Å². The lowest BCUT2D eigenvalue weighted by Gasteiger charge is -1.92. The van der Waals surface area contributed by atoms with Gasteiger partial charge < -0.3 is 5.73 Å². The molecule has 0 bridgehead atoms. The maximum Gasteiger partial charge on any atom is 0.0923 e. The topological polar surface area (TPSA) is 54.7 Å². The first kappa shape index (κ1) is 13.2. The molecule has 0 fully saturated rings. The minimum atomic E-state index is 0. The lowest BCUT2D eigenvalue weighted by Crippen LogP contribution is -2.03. The molecule has 14 heavy (non-hydrogen) atoms. The minimum absolute atomic E-state index is 0. The Morgan fingerprint density at radius 1 is 1.21 bits per heavy atom. The number of nitrogens with two attached hydrogens (primary N) is 1. The van der Waals surface area contributed by atoms with Gasteiger partial charge in [-0.1, -0.05) is 18.2 Å². The number of aromatic nitrogens is 2. The zero-order chi connectivity index (χ0) is 8.39. The molecule has 0 amide bonds. The van der Waals surface area contributed by atoms with E-state index < -0.39 is 0 Å². The van der Waals surface area contributed by atoms with Crippen molar-refractivity contribution in [2.45, 2.75) is 6.42 Å². The van der Waals surface area contributed by atoms with E-state index in [-0.39, 0.29) is 24.8 Å². The highest BCUT2D eigenvalue weighted by Crippen LogP contribution is 2.14. The lowest BCUT2D eigenvalue weighted by molar-refractivity contribution is 0.909. The van der Waals surface area contributed by atoms with Crippen molar-refractivity contribution in [1.29, 1.82) is 0 Å². The van der Waals surface area contributed by atoms with Crippen LogP contribution in [0.2, 0.25) is 0 Å². The summed E-state index contributed by atoms with van der Waals surface area (Å²) in [6.45, 7) is 0.659. The van der Waals surface area contributed by atoms with E-state index in [0.29, 0.717) is 6.54 Å². The molecule has 0 saturated carbocycles. The zero-order valence-corrected chi connectivity index (χ0v) is 9.20. The zero-order valence-electron chi connectivity index (χ0n) is 7.56. The predicted octanol–water partition coefficient (Wildman–Crippen LogP) is 1.91. The summed E-state index contributed by atoms with van der Waals surface area (Å²) in [6.07, 6.45) is 0.862. The van der Waals surface area contributed by atoms with Gasteiger partial charge in [0.15, 0.2) is 0 Å². The highest BCUT2D eigenvalue weighted by atomic mass is 35.5. The quantitative estimate of drug-likeness (QED) is 0.833. The molecule has 0 aliphatic rings. The molecule has 0 saturated heterocycles. The summed E-state index contributed by atoms with van der Waals surface area (Å²) in [6, 6.07) is 8.04. The molecule has 78 valence electrons. The summed E-state index contributed by atoms with van der Waals surface area (Å²) >= 11 is 0. The molecular weight excluding hydrogens is 221 g/mol. The largest absolute Gasteiger partial charge is 0.330 e. The van der Waals surface area contributed by atoms with Gasteiger partial charge in [0.05, 0.1) is 5.52 Å². The number of fused-ring (bicyclic) bond motifs is 1. The van der Waals surface area contributed by atoms with Crippen LogP contribution in [-0.2, 0) is 6.42 Å². The van der Waals surface area contributed by atoms with Crippen LogP contribution in [0.25, 0.3) is 10.9 Å². The van der Waals surface area contributed by atoms with Crippen molar-refractivity contribution < 1.29 is 0 Å². The lowest BCUT2D eigenvalue weighted by atomic mass is 10.2. The van der Waals surface area contributed by atoms with Gasteiger partial charge in [-0.2, -0.15) is 5.10 Å². The molecule has 1 aromatic heterocycles. The van der Waals surface area contributed by atoms with Gasteiger partial charge in [0.2, 0.25) is 0 Å². The second kappa shape index (κ2) is 5.86. The maximum absolute atomic E-state index is 5.46. The fourth-order valence-corrected chi connectivity index (χ4v) is 1.35. The van der Waals surface area contributed by atoms with Crippen molar-refractivity contribution in [3.8, 4) is 0 Å². The summed E-state index contributed by atoms with van der Waals surface area (Å²) in [7, 11) is 0. The summed E-state index contributed by atoms with van der Waals surface area (Å²) in [5.74, 6) is 0. The van der Waals surface area contributed by atoms with E-state index in [0.717, 1.165) is 17.6 Å². The van der Waals surface area contributed by atoms with Crippen LogP contribution < -0.4 is 5.73 Å². The molecular formula is C9H13Cl2N3.